The Bertz CT molecular complexity index is 598. The molecule has 0 spiro atoms. The van der Waals surface area contributed by atoms with E-state index in [4.69, 9.17) is 4.74 Å². The van der Waals surface area contributed by atoms with Crippen molar-refractivity contribution in [2.24, 2.45) is 0 Å². The highest BCUT2D eigenvalue weighted by Crippen LogP contribution is 2.28. The van der Waals surface area contributed by atoms with Gasteiger partial charge in [-0.25, -0.2) is 4.39 Å². The fourth-order valence-electron chi connectivity index (χ4n) is 2.48. The molecule has 0 bridgehead atoms. The van der Waals surface area contributed by atoms with Gasteiger partial charge >= 0.3 is 0 Å². The second-order valence-electron chi connectivity index (χ2n) is 5.00. The topological polar surface area (TPSA) is 21.3 Å². The van der Waals surface area contributed by atoms with E-state index >= 15 is 0 Å². The zero-order chi connectivity index (χ0) is 15.2. The molecule has 0 radical (unpaired) electrons. The lowest BCUT2D eigenvalue weighted by Crippen LogP contribution is -2.23. The van der Waals surface area contributed by atoms with Gasteiger partial charge in [0.05, 0.1) is 12.6 Å². The van der Waals surface area contributed by atoms with E-state index in [1.165, 1.54) is 6.07 Å². The van der Waals surface area contributed by atoms with Crippen LogP contribution in [-0.4, -0.2) is 13.2 Å². The Kier molecular flexibility index (Phi) is 5.34. The molecule has 21 heavy (non-hydrogen) atoms. The highest BCUT2D eigenvalue weighted by atomic mass is 19.1. The summed E-state index contributed by atoms with van der Waals surface area (Å²) in [6.07, 6.45) is 0. The summed E-state index contributed by atoms with van der Waals surface area (Å²) in [5.74, 6) is 0.631. The van der Waals surface area contributed by atoms with Crippen LogP contribution in [0.25, 0.3) is 0 Å². The SMILES string of the molecule is CCNC(c1cccc(OCC)c1)c1cc(F)ccc1C. The molecule has 0 aromatic heterocycles. The second kappa shape index (κ2) is 7.23. The molecule has 0 fully saturated rings. The van der Waals surface area contributed by atoms with Crippen LogP contribution in [0.15, 0.2) is 42.5 Å². The molecule has 2 nitrogen and oxygen atoms in total. The van der Waals surface area contributed by atoms with Gasteiger partial charge in [-0.3, -0.25) is 0 Å². The lowest BCUT2D eigenvalue weighted by atomic mass is 9.94. The van der Waals surface area contributed by atoms with Crippen LogP contribution in [0.2, 0.25) is 0 Å². The molecule has 0 saturated carbocycles. The van der Waals surface area contributed by atoms with Crippen molar-refractivity contribution in [3.05, 3.63) is 65.0 Å². The molecule has 0 aliphatic rings. The summed E-state index contributed by atoms with van der Waals surface area (Å²) in [6, 6.07) is 12.9. The van der Waals surface area contributed by atoms with Crippen LogP contribution in [0.4, 0.5) is 4.39 Å². The summed E-state index contributed by atoms with van der Waals surface area (Å²) >= 11 is 0. The highest BCUT2D eigenvalue weighted by Gasteiger charge is 2.16. The van der Waals surface area contributed by atoms with Gasteiger partial charge in [0, 0.05) is 0 Å². The van der Waals surface area contributed by atoms with E-state index in [-0.39, 0.29) is 11.9 Å². The zero-order valence-electron chi connectivity index (χ0n) is 12.8. The summed E-state index contributed by atoms with van der Waals surface area (Å²) in [7, 11) is 0. The average Bonchev–Trinajstić information content (AvgIpc) is 2.48. The molecule has 1 N–H and O–H groups in total. The van der Waals surface area contributed by atoms with Gasteiger partial charge in [-0.05, 0) is 61.3 Å². The molecule has 2 aromatic rings. The van der Waals surface area contributed by atoms with Crippen LogP contribution < -0.4 is 10.1 Å². The lowest BCUT2D eigenvalue weighted by Gasteiger charge is -2.21. The molecular formula is C18H22FNO. The van der Waals surface area contributed by atoms with Crippen molar-refractivity contribution in [3.8, 4) is 5.75 Å². The Balaban J connectivity index is 2.42. The summed E-state index contributed by atoms with van der Waals surface area (Å²) in [5.41, 5.74) is 3.12. The van der Waals surface area contributed by atoms with E-state index in [9.17, 15) is 4.39 Å². The van der Waals surface area contributed by atoms with Crippen LogP contribution in [-0.2, 0) is 0 Å². The third-order valence-corrected chi connectivity index (χ3v) is 3.46. The molecule has 112 valence electrons. The van der Waals surface area contributed by atoms with Crippen molar-refractivity contribution in [1.82, 2.24) is 5.32 Å². The minimum Gasteiger partial charge on any atom is -0.494 e. The van der Waals surface area contributed by atoms with Crippen LogP contribution in [0, 0.1) is 12.7 Å². The van der Waals surface area contributed by atoms with Gasteiger partial charge in [-0.15, -0.1) is 0 Å². The van der Waals surface area contributed by atoms with Crippen LogP contribution in [0.3, 0.4) is 0 Å². The number of ether oxygens (including phenoxy) is 1. The molecule has 2 rings (SSSR count). The van der Waals surface area contributed by atoms with Gasteiger partial charge in [0.25, 0.3) is 0 Å². The first-order valence-corrected chi connectivity index (χ1v) is 7.37. The molecule has 0 amide bonds. The van der Waals surface area contributed by atoms with Gasteiger partial charge in [-0.2, -0.15) is 0 Å². The molecule has 2 aromatic carbocycles. The number of rotatable bonds is 6. The normalized spacial score (nSPS) is 12.2. The Labute approximate surface area is 126 Å². The van der Waals surface area contributed by atoms with Crippen molar-refractivity contribution >= 4 is 0 Å². The van der Waals surface area contributed by atoms with Crippen molar-refractivity contribution < 1.29 is 9.13 Å². The van der Waals surface area contributed by atoms with Gasteiger partial charge < -0.3 is 10.1 Å². The Morgan fingerprint density at radius 2 is 1.95 bits per heavy atom. The molecule has 0 aliphatic carbocycles. The van der Waals surface area contributed by atoms with Crippen molar-refractivity contribution in [1.29, 1.82) is 0 Å². The van der Waals surface area contributed by atoms with Crippen molar-refractivity contribution in [2.45, 2.75) is 26.8 Å². The van der Waals surface area contributed by atoms with Crippen molar-refractivity contribution in [2.75, 3.05) is 13.2 Å². The van der Waals surface area contributed by atoms with Gasteiger partial charge in [-0.1, -0.05) is 25.1 Å². The van der Waals surface area contributed by atoms with Gasteiger partial charge in [0.1, 0.15) is 11.6 Å². The first-order valence-electron chi connectivity index (χ1n) is 7.37. The maximum Gasteiger partial charge on any atom is 0.123 e. The summed E-state index contributed by atoms with van der Waals surface area (Å²) < 4.78 is 19.2. The number of nitrogens with one attached hydrogen (secondary N) is 1. The minimum absolute atomic E-state index is 0.0360. The van der Waals surface area contributed by atoms with E-state index in [1.807, 2.05) is 51.1 Å². The van der Waals surface area contributed by atoms with Crippen LogP contribution in [0.5, 0.6) is 5.75 Å². The predicted molar refractivity (Wildman–Crippen MR) is 84.3 cm³/mol. The van der Waals surface area contributed by atoms with Crippen LogP contribution in [0.1, 0.15) is 36.6 Å². The number of benzene rings is 2. The fourth-order valence-corrected chi connectivity index (χ4v) is 2.48. The largest absolute Gasteiger partial charge is 0.494 e. The minimum atomic E-state index is -0.209. The number of hydrogen-bond donors (Lipinski definition) is 1. The van der Waals surface area contributed by atoms with E-state index in [2.05, 4.69) is 5.32 Å². The summed E-state index contributed by atoms with van der Waals surface area (Å²) in [4.78, 5) is 0. The van der Waals surface area contributed by atoms with Gasteiger partial charge in [0.15, 0.2) is 0 Å². The maximum atomic E-state index is 13.6. The number of aryl methyl sites for hydroxylation is 1. The monoisotopic (exact) mass is 287 g/mol. The molecule has 0 saturated heterocycles. The van der Waals surface area contributed by atoms with E-state index in [1.54, 1.807) is 6.07 Å². The summed E-state index contributed by atoms with van der Waals surface area (Å²) in [6.45, 7) is 7.46. The standard InChI is InChI=1S/C18H22FNO/c1-4-20-18(17-12-15(19)10-9-13(17)3)14-7-6-8-16(11-14)21-5-2/h6-12,18,20H,4-5H2,1-3H3. The van der Waals surface area contributed by atoms with Crippen LogP contribution >= 0.6 is 0 Å². The zero-order valence-corrected chi connectivity index (χ0v) is 12.8. The number of halogens is 1. The number of hydrogen-bond acceptors (Lipinski definition) is 2. The molecular weight excluding hydrogens is 265 g/mol. The first-order chi connectivity index (χ1) is 10.2. The summed E-state index contributed by atoms with van der Waals surface area (Å²) in [5, 5.41) is 3.43. The smallest absolute Gasteiger partial charge is 0.123 e. The molecule has 0 heterocycles. The van der Waals surface area contributed by atoms with E-state index in [0.717, 1.165) is 29.0 Å². The molecule has 0 aliphatic heterocycles. The van der Waals surface area contributed by atoms with Crippen molar-refractivity contribution in [3.63, 3.8) is 0 Å². The highest BCUT2D eigenvalue weighted by molar-refractivity contribution is 5.40. The average molecular weight is 287 g/mol. The van der Waals surface area contributed by atoms with E-state index in [0.29, 0.717) is 6.61 Å². The second-order valence-corrected chi connectivity index (χ2v) is 5.00. The quantitative estimate of drug-likeness (QED) is 0.858. The third-order valence-electron chi connectivity index (χ3n) is 3.46. The Morgan fingerprint density at radius 1 is 1.14 bits per heavy atom. The first kappa shape index (κ1) is 15.5. The maximum absolute atomic E-state index is 13.6. The molecule has 3 heteroatoms. The molecule has 1 unspecified atom stereocenters. The van der Waals surface area contributed by atoms with Gasteiger partial charge in [0.2, 0.25) is 0 Å². The molecule has 1 atom stereocenters. The fraction of sp³-hybridized carbons (Fsp3) is 0.333. The lowest BCUT2D eigenvalue weighted by molar-refractivity contribution is 0.339. The van der Waals surface area contributed by atoms with E-state index < -0.39 is 0 Å². The Morgan fingerprint density at radius 3 is 2.67 bits per heavy atom. The third kappa shape index (κ3) is 3.82. The Hall–Kier alpha value is -1.87. The predicted octanol–water partition coefficient (Wildman–Crippen LogP) is 4.23.